The van der Waals surface area contributed by atoms with E-state index in [1.807, 2.05) is 0 Å². The molecule has 0 aliphatic carbocycles. The lowest BCUT2D eigenvalue weighted by Gasteiger charge is -2.16. The third-order valence-corrected chi connectivity index (χ3v) is 3.39. The van der Waals surface area contributed by atoms with Gasteiger partial charge in [-0.15, -0.1) is 0 Å². The first-order valence-electron chi connectivity index (χ1n) is 7.41. The van der Waals surface area contributed by atoms with Crippen molar-refractivity contribution in [1.82, 2.24) is 0 Å². The van der Waals surface area contributed by atoms with Crippen LogP contribution in [0.15, 0.2) is 36.4 Å². The van der Waals surface area contributed by atoms with Crippen molar-refractivity contribution in [2.75, 3.05) is 11.9 Å². The van der Waals surface area contributed by atoms with Crippen LogP contribution >= 0.6 is 0 Å². The molecule has 0 radical (unpaired) electrons. The van der Waals surface area contributed by atoms with Crippen molar-refractivity contribution in [1.29, 1.82) is 0 Å². The number of nitro benzene ring substituents is 1. The second-order valence-corrected chi connectivity index (χ2v) is 5.48. The second kappa shape index (κ2) is 7.69. The molecule has 132 valence electrons. The van der Waals surface area contributed by atoms with Crippen LogP contribution in [0.4, 0.5) is 20.2 Å². The number of Topliss-reactive ketones (excluding diaryl/α,β-unsaturated/α-hetero) is 1. The fourth-order valence-corrected chi connectivity index (χ4v) is 2.14. The number of ether oxygens (including phenoxy) is 1. The van der Waals surface area contributed by atoms with Gasteiger partial charge < -0.3 is 10.1 Å². The van der Waals surface area contributed by atoms with Gasteiger partial charge in [0.1, 0.15) is 18.1 Å². The third-order valence-electron chi connectivity index (χ3n) is 3.39. The van der Waals surface area contributed by atoms with Gasteiger partial charge in [-0.2, -0.15) is 0 Å². The van der Waals surface area contributed by atoms with Gasteiger partial charge in [-0.25, -0.2) is 8.78 Å². The summed E-state index contributed by atoms with van der Waals surface area (Å²) in [5.74, 6) is -1.93. The highest BCUT2D eigenvalue weighted by Crippen LogP contribution is 2.27. The molecular weight excluding hydrogens is 334 g/mol. The number of anilines is 1. The second-order valence-electron chi connectivity index (χ2n) is 5.48. The summed E-state index contributed by atoms with van der Waals surface area (Å²) in [7, 11) is 0. The van der Waals surface area contributed by atoms with E-state index >= 15 is 0 Å². The molecule has 2 rings (SSSR count). The first-order chi connectivity index (χ1) is 11.8. The van der Waals surface area contributed by atoms with E-state index in [0.717, 1.165) is 6.07 Å². The number of ketones is 1. The zero-order chi connectivity index (χ0) is 18.6. The molecule has 2 aromatic rings. The maximum atomic E-state index is 13.5. The summed E-state index contributed by atoms with van der Waals surface area (Å²) in [6.07, 6.45) is 0. The molecular formula is C17H16F2N2O4. The fourth-order valence-electron chi connectivity index (χ4n) is 2.14. The Kier molecular flexibility index (Phi) is 5.63. The van der Waals surface area contributed by atoms with Crippen molar-refractivity contribution < 1.29 is 23.2 Å². The van der Waals surface area contributed by atoms with Crippen LogP contribution in [0.3, 0.4) is 0 Å². The van der Waals surface area contributed by atoms with Gasteiger partial charge in [0.2, 0.25) is 0 Å². The molecule has 0 fully saturated rings. The Bertz CT molecular complexity index is 811. The zero-order valence-electron chi connectivity index (χ0n) is 13.6. The fraction of sp³-hybridized carbons (Fsp3) is 0.235. The number of hydrogen-bond acceptors (Lipinski definition) is 5. The van der Waals surface area contributed by atoms with E-state index in [2.05, 4.69) is 5.32 Å². The quantitative estimate of drug-likeness (QED) is 0.464. The molecule has 0 bridgehead atoms. The molecule has 0 aliphatic rings. The Morgan fingerprint density at radius 3 is 2.60 bits per heavy atom. The summed E-state index contributed by atoms with van der Waals surface area (Å²) in [6.45, 7) is 3.00. The molecule has 25 heavy (non-hydrogen) atoms. The Hall–Kier alpha value is -3.03. The van der Waals surface area contributed by atoms with Gasteiger partial charge in [0.15, 0.2) is 17.3 Å². The molecule has 0 amide bonds. The number of nitrogens with zero attached hydrogens (tertiary/aromatic N) is 1. The maximum absolute atomic E-state index is 13.5. The van der Waals surface area contributed by atoms with Gasteiger partial charge in [-0.1, -0.05) is 0 Å². The number of carbonyl (C=O) groups excluding carboxylic acids is 1. The number of nitro groups is 1. The van der Waals surface area contributed by atoms with Crippen molar-refractivity contribution in [2.24, 2.45) is 0 Å². The van der Waals surface area contributed by atoms with Gasteiger partial charge in [0.05, 0.1) is 11.0 Å². The van der Waals surface area contributed by atoms with Gasteiger partial charge in [-0.05, 0) is 38.1 Å². The molecule has 1 N–H and O–H groups in total. The van der Waals surface area contributed by atoms with E-state index < -0.39 is 22.6 Å². The molecule has 0 spiro atoms. The van der Waals surface area contributed by atoms with Gasteiger partial charge >= 0.3 is 0 Å². The third kappa shape index (κ3) is 4.72. The number of rotatable bonds is 7. The largest absolute Gasteiger partial charge is 0.488 e. The van der Waals surface area contributed by atoms with E-state index in [-0.39, 0.29) is 35.1 Å². The Labute approximate surface area is 142 Å². The number of carbonyl (C=O) groups is 1. The van der Waals surface area contributed by atoms with Crippen LogP contribution in [0.5, 0.6) is 5.75 Å². The molecule has 0 aromatic heterocycles. The molecule has 8 heteroatoms. The highest BCUT2D eigenvalue weighted by molar-refractivity contribution is 5.95. The normalized spacial score (nSPS) is 11.7. The predicted octanol–water partition coefficient (Wildman–Crippen LogP) is 3.96. The summed E-state index contributed by atoms with van der Waals surface area (Å²) in [4.78, 5) is 21.9. The average molecular weight is 350 g/mol. The minimum absolute atomic E-state index is 0.00579. The van der Waals surface area contributed by atoms with Crippen molar-refractivity contribution >= 4 is 17.2 Å². The lowest BCUT2D eigenvalue weighted by Crippen LogP contribution is -2.24. The zero-order valence-corrected chi connectivity index (χ0v) is 13.6. The maximum Gasteiger partial charge on any atom is 0.293 e. The summed E-state index contributed by atoms with van der Waals surface area (Å²) >= 11 is 0. The predicted molar refractivity (Wildman–Crippen MR) is 88.0 cm³/mol. The summed E-state index contributed by atoms with van der Waals surface area (Å²) < 4.78 is 31.6. The summed E-state index contributed by atoms with van der Waals surface area (Å²) in [5, 5.41) is 14.1. The molecule has 0 heterocycles. The van der Waals surface area contributed by atoms with Crippen LogP contribution in [0.25, 0.3) is 0 Å². The Morgan fingerprint density at radius 1 is 1.28 bits per heavy atom. The van der Waals surface area contributed by atoms with Crippen molar-refractivity contribution in [3.8, 4) is 5.75 Å². The smallest absolute Gasteiger partial charge is 0.293 e. The van der Waals surface area contributed by atoms with Crippen LogP contribution in [-0.2, 0) is 0 Å². The molecule has 6 nitrogen and oxygen atoms in total. The highest BCUT2D eigenvalue weighted by atomic mass is 19.1. The van der Waals surface area contributed by atoms with Crippen LogP contribution < -0.4 is 10.1 Å². The van der Waals surface area contributed by atoms with Gasteiger partial charge in [0, 0.05) is 17.7 Å². The van der Waals surface area contributed by atoms with Crippen molar-refractivity contribution in [2.45, 2.75) is 19.9 Å². The lowest BCUT2D eigenvalue weighted by molar-refractivity contribution is -0.384. The Morgan fingerprint density at radius 2 is 2.00 bits per heavy atom. The number of halogens is 2. The first kappa shape index (κ1) is 18.3. The van der Waals surface area contributed by atoms with Gasteiger partial charge in [0.25, 0.3) is 5.69 Å². The monoisotopic (exact) mass is 350 g/mol. The van der Waals surface area contributed by atoms with E-state index in [1.54, 1.807) is 6.92 Å². The number of nitrogens with one attached hydrogen (secondary N) is 1. The molecule has 0 aliphatic heterocycles. The van der Waals surface area contributed by atoms with Crippen LogP contribution in [-0.4, -0.2) is 23.4 Å². The van der Waals surface area contributed by atoms with Gasteiger partial charge in [-0.3, -0.25) is 14.9 Å². The minimum Gasteiger partial charge on any atom is -0.488 e. The molecule has 1 atom stereocenters. The van der Waals surface area contributed by atoms with Crippen LogP contribution in [0.2, 0.25) is 0 Å². The average Bonchev–Trinajstić information content (AvgIpc) is 2.54. The minimum atomic E-state index is -0.830. The first-order valence-corrected chi connectivity index (χ1v) is 7.41. The highest BCUT2D eigenvalue weighted by Gasteiger charge is 2.18. The van der Waals surface area contributed by atoms with Crippen molar-refractivity contribution in [3.05, 3.63) is 63.7 Å². The Balaban J connectivity index is 2.08. The topological polar surface area (TPSA) is 81.5 Å². The molecule has 0 saturated heterocycles. The van der Waals surface area contributed by atoms with Crippen LogP contribution in [0, 0.1) is 21.7 Å². The van der Waals surface area contributed by atoms with E-state index in [1.165, 1.54) is 31.2 Å². The lowest BCUT2D eigenvalue weighted by atomic mass is 10.1. The molecule has 1 unspecified atom stereocenters. The van der Waals surface area contributed by atoms with Crippen molar-refractivity contribution in [3.63, 3.8) is 0 Å². The van der Waals surface area contributed by atoms with Crippen LogP contribution in [0.1, 0.15) is 24.2 Å². The SMILES string of the molecule is CC(=O)c1ccc(NC(C)COc2ccc(F)cc2F)c([N+](=O)[O-])c1. The van der Waals surface area contributed by atoms with E-state index in [4.69, 9.17) is 4.74 Å². The molecule has 0 saturated carbocycles. The molecule has 2 aromatic carbocycles. The summed E-state index contributed by atoms with van der Waals surface area (Å²) in [6, 6.07) is 6.64. The summed E-state index contributed by atoms with van der Waals surface area (Å²) in [5.41, 5.74) is 0.202. The standard InChI is InChI=1S/C17H16F2N2O4/c1-10(9-25-17-6-4-13(18)8-14(17)19)20-15-5-3-12(11(2)22)7-16(15)21(23)24/h3-8,10,20H,9H2,1-2H3. The number of benzene rings is 2. The number of hydrogen-bond donors (Lipinski definition) is 1. The van der Waals surface area contributed by atoms with E-state index in [0.29, 0.717) is 6.07 Å². The van der Waals surface area contributed by atoms with E-state index in [9.17, 15) is 23.7 Å².